The highest BCUT2D eigenvalue weighted by Crippen LogP contribution is 2.27. The Morgan fingerprint density at radius 2 is 1.90 bits per heavy atom. The van der Waals surface area contributed by atoms with E-state index in [1.807, 2.05) is 18.7 Å². The van der Waals surface area contributed by atoms with Gasteiger partial charge in [-0.25, -0.2) is 0 Å². The van der Waals surface area contributed by atoms with Crippen LogP contribution in [0.4, 0.5) is 0 Å². The minimum Gasteiger partial charge on any atom is -0.388 e. The molecule has 2 aliphatic rings. The van der Waals surface area contributed by atoms with Crippen LogP contribution < -0.4 is 5.32 Å². The number of nitrogens with zero attached hydrogens (tertiary/aromatic N) is 1. The highest BCUT2D eigenvalue weighted by molar-refractivity contribution is 7.99. The van der Waals surface area contributed by atoms with Crippen molar-refractivity contribution in [2.75, 3.05) is 18.1 Å². The maximum Gasteiger partial charge on any atom is 0.237 e. The number of hydrogen-bond acceptors (Lipinski definition) is 4. The summed E-state index contributed by atoms with van der Waals surface area (Å²) in [6.07, 6.45) is 3.89. The average Bonchev–Trinajstić information content (AvgIpc) is 2.76. The van der Waals surface area contributed by atoms with Gasteiger partial charge in [-0.05, 0) is 58.0 Å². The van der Waals surface area contributed by atoms with Crippen LogP contribution in [0.15, 0.2) is 0 Å². The van der Waals surface area contributed by atoms with Gasteiger partial charge in [0.1, 0.15) is 0 Å². The van der Waals surface area contributed by atoms with Gasteiger partial charge in [0.25, 0.3) is 0 Å². The van der Waals surface area contributed by atoms with Crippen molar-refractivity contribution in [3.63, 3.8) is 0 Å². The zero-order valence-electron chi connectivity index (χ0n) is 12.9. The molecule has 4 nitrogen and oxygen atoms in total. The molecule has 20 heavy (non-hydrogen) atoms. The molecule has 0 aliphatic carbocycles. The molecular formula is C15H28N2O2S. The van der Waals surface area contributed by atoms with Crippen LogP contribution in [0.1, 0.15) is 46.5 Å². The van der Waals surface area contributed by atoms with E-state index in [0.717, 1.165) is 24.3 Å². The minimum atomic E-state index is -0.692. The molecule has 5 heteroatoms. The molecule has 116 valence electrons. The molecule has 2 saturated heterocycles. The van der Waals surface area contributed by atoms with Crippen LogP contribution in [-0.4, -0.2) is 57.7 Å². The predicted octanol–water partition coefficient (Wildman–Crippen LogP) is 1.62. The van der Waals surface area contributed by atoms with Crippen LogP contribution in [-0.2, 0) is 4.79 Å². The fraction of sp³-hybridized carbons (Fsp3) is 0.933. The molecule has 2 heterocycles. The molecule has 2 rings (SSSR count). The van der Waals surface area contributed by atoms with Crippen LogP contribution in [0.2, 0.25) is 0 Å². The van der Waals surface area contributed by atoms with Gasteiger partial charge in [0.05, 0.1) is 11.6 Å². The molecule has 0 aromatic carbocycles. The largest absolute Gasteiger partial charge is 0.388 e. The molecule has 3 atom stereocenters. The van der Waals surface area contributed by atoms with E-state index < -0.39 is 5.60 Å². The van der Waals surface area contributed by atoms with E-state index >= 15 is 0 Å². The summed E-state index contributed by atoms with van der Waals surface area (Å²) in [4.78, 5) is 14.6. The highest BCUT2D eigenvalue weighted by atomic mass is 32.2. The van der Waals surface area contributed by atoms with Gasteiger partial charge < -0.3 is 10.4 Å². The molecule has 3 unspecified atom stereocenters. The monoisotopic (exact) mass is 300 g/mol. The number of carbonyl (C=O) groups excluding carboxylic acids is 1. The molecule has 2 fully saturated rings. The van der Waals surface area contributed by atoms with Crippen molar-refractivity contribution < 1.29 is 9.90 Å². The van der Waals surface area contributed by atoms with E-state index in [2.05, 4.69) is 24.1 Å². The predicted molar refractivity (Wildman–Crippen MR) is 84.0 cm³/mol. The zero-order valence-corrected chi connectivity index (χ0v) is 13.7. The number of rotatable bonds is 4. The van der Waals surface area contributed by atoms with E-state index in [0.29, 0.717) is 18.6 Å². The molecule has 0 bridgehead atoms. The van der Waals surface area contributed by atoms with Gasteiger partial charge in [-0.3, -0.25) is 9.69 Å². The summed E-state index contributed by atoms with van der Waals surface area (Å²) in [5.41, 5.74) is -0.692. The van der Waals surface area contributed by atoms with E-state index in [9.17, 15) is 9.90 Å². The Kier molecular flexibility index (Phi) is 5.37. The number of thioether (sulfide) groups is 1. The first-order valence-corrected chi connectivity index (χ1v) is 8.94. The van der Waals surface area contributed by atoms with Crippen molar-refractivity contribution in [3.05, 3.63) is 0 Å². The summed E-state index contributed by atoms with van der Waals surface area (Å²) in [6.45, 7) is 6.76. The third-order valence-corrected chi connectivity index (χ3v) is 5.85. The summed E-state index contributed by atoms with van der Waals surface area (Å²) in [6, 6.07) is 0.837. The summed E-state index contributed by atoms with van der Waals surface area (Å²) in [7, 11) is 0. The van der Waals surface area contributed by atoms with Crippen LogP contribution in [0.5, 0.6) is 0 Å². The van der Waals surface area contributed by atoms with E-state index in [1.54, 1.807) is 0 Å². The minimum absolute atomic E-state index is 0.0530. The Morgan fingerprint density at radius 3 is 2.45 bits per heavy atom. The number of aliphatic hydroxyl groups is 1. The Hall–Kier alpha value is -0.260. The SMILES string of the molecule is CC1CCC(C)N1C(C)C(=O)NCC1(O)CCSCC1. The van der Waals surface area contributed by atoms with Crippen LogP contribution in [0, 0.1) is 0 Å². The molecule has 0 spiro atoms. The first-order chi connectivity index (χ1) is 9.43. The molecular weight excluding hydrogens is 272 g/mol. The molecule has 2 N–H and O–H groups in total. The van der Waals surface area contributed by atoms with E-state index in [4.69, 9.17) is 0 Å². The first-order valence-electron chi connectivity index (χ1n) is 7.78. The molecule has 0 saturated carbocycles. The number of hydrogen-bond donors (Lipinski definition) is 2. The Bertz CT molecular complexity index is 335. The lowest BCUT2D eigenvalue weighted by atomic mass is 9.97. The molecule has 0 aromatic rings. The lowest BCUT2D eigenvalue weighted by Crippen LogP contribution is -2.53. The van der Waals surface area contributed by atoms with Crippen molar-refractivity contribution in [2.45, 2.75) is 70.2 Å². The first kappa shape index (κ1) is 16.1. The topological polar surface area (TPSA) is 52.6 Å². The van der Waals surface area contributed by atoms with Crippen molar-refractivity contribution in [2.24, 2.45) is 0 Å². The summed E-state index contributed by atoms with van der Waals surface area (Å²) < 4.78 is 0. The fourth-order valence-electron chi connectivity index (χ4n) is 3.44. The summed E-state index contributed by atoms with van der Waals surface area (Å²) >= 11 is 1.88. The number of amides is 1. The Morgan fingerprint density at radius 1 is 1.35 bits per heavy atom. The van der Waals surface area contributed by atoms with E-state index in [-0.39, 0.29) is 11.9 Å². The van der Waals surface area contributed by atoms with Gasteiger partial charge in [0, 0.05) is 18.6 Å². The van der Waals surface area contributed by atoms with E-state index in [1.165, 1.54) is 12.8 Å². The average molecular weight is 300 g/mol. The standard InChI is InChI=1S/C15H28N2O2S/c1-11-4-5-12(2)17(11)13(3)14(18)16-10-15(19)6-8-20-9-7-15/h11-13,19H,4-10H2,1-3H3,(H,16,18). The van der Waals surface area contributed by atoms with Gasteiger partial charge in [0.15, 0.2) is 0 Å². The van der Waals surface area contributed by atoms with Crippen LogP contribution in [0.3, 0.4) is 0 Å². The summed E-state index contributed by atoms with van der Waals surface area (Å²) in [5, 5.41) is 13.4. The maximum absolute atomic E-state index is 12.3. The van der Waals surface area contributed by atoms with Crippen molar-refractivity contribution >= 4 is 17.7 Å². The molecule has 2 aliphatic heterocycles. The lowest BCUT2D eigenvalue weighted by molar-refractivity contribution is -0.128. The fourth-order valence-corrected chi connectivity index (χ4v) is 4.69. The second-order valence-corrected chi connectivity index (χ2v) is 7.68. The van der Waals surface area contributed by atoms with Crippen molar-refractivity contribution in [1.82, 2.24) is 10.2 Å². The maximum atomic E-state index is 12.3. The Balaban J connectivity index is 1.85. The Labute approximate surface area is 126 Å². The molecule has 0 radical (unpaired) electrons. The van der Waals surface area contributed by atoms with Crippen LogP contribution >= 0.6 is 11.8 Å². The molecule has 0 aromatic heterocycles. The quantitative estimate of drug-likeness (QED) is 0.828. The second-order valence-electron chi connectivity index (χ2n) is 6.45. The molecule has 1 amide bonds. The number of nitrogens with one attached hydrogen (secondary N) is 1. The number of likely N-dealkylation sites (tertiary alicyclic amines) is 1. The zero-order chi connectivity index (χ0) is 14.8. The highest BCUT2D eigenvalue weighted by Gasteiger charge is 2.35. The van der Waals surface area contributed by atoms with Crippen molar-refractivity contribution in [1.29, 1.82) is 0 Å². The normalized spacial score (nSPS) is 32.0. The number of carbonyl (C=O) groups is 1. The van der Waals surface area contributed by atoms with Gasteiger partial charge in [-0.2, -0.15) is 11.8 Å². The second kappa shape index (κ2) is 6.67. The lowest BCUT2D eigenvalue weighted by Gasteiger charge is -2.34. The third kappa shape index (κ3) is 3.68. The van der Waals surface area contributed by atoms with Gasteiger partial charge in [0.2, 0.25) is 5.91 Å². The van der Waals surface area contributed by atoms with Gasteiger partial charge >= 0.3 is 0 Å². The smallest absolute Gasteiger partial charge is 0.237 e. The van der Waals surface area contributed by atoms with Crippen molar-refractivity contribution in [3.8, 4) is 0 Å². The van der Waals surface area contributed by atoms with Gasteiger partial charge in [-0.15, -0.1) is 0 Å². The van der Waals surface area contributed by atoms with Gasteiger partial charge in [-0.1, -0.05) is 0 Å². The van der Waals surface area contributed by atoms with Crippen LogP contribution in [0.25, 0.3) is 0 Å². The summed E-state index contributed by atoms with van der Waals surface area (Å²) in [5.74, 6) is 2.03. The third-order valence-electron chi connectivity index (χ3n) is 4.86.